The monoisotopic (exact) mass is 1300 g/mol. The molecule has 1 aliphatic heterocycles. The average Bonchev–Trinajstić information content (AvgIpc) is 1.10. The summed E-state index contributed by atoms with van der Waals surface area (Å²) in [5.41, 5.74) is 0.518. The van der Waals surface area contributed by atoms with Crippen molar-refractivity contribution in [2.24, 2.45) is 10.3 Å². The quantitative estimate of drug-likeness (QED) is 0.0202. The molecule has 0 fully saturated rings. The van der Waals surface area contributed by atoms with Gasteiger partial charge in [0.15, 0.2) is 11.5 Å². The zero-order valence-corrected chi connectivity index (χ0v) is 44.8. The lowest BCUT2D eigenvalue weighted by Gasteiger charge is -2.44. The SMILES string of the molecule is CCCN(Cc1ccc(CCC(F)(F)C(F)(F)C(F)(F)C(F)(F)C(F)(F)C(F)(F)C(F)(F)C(F)(F)C(F)(F)C(F)(F)F)cc1)N=Nc1ccc(/C=C/c2sc(/C=C/c3ccc(/C=C/c4ccc(C(=O)OC)cc4)cc3)c3c2OCCO3)cc1C(F)(F)F. The molecule has 0 bridgehead atoms. The fourth-order valence-electron chi connectivity index (χ4n) is 7.89. The van der Waals surface area contributed by atoms with E-state index in [0.29, 0.717) is 26.8 Å². The zero-order valence-electron chi connectivity index (χ0n) is 44.0. The number of aryl methyl sites for hydroxylation is 1. The molecule has 0 radical (unpaired) electrons. The van der Waals surface area contributed by atoms with Gasteiger partial charge in [-0.3, -0.25) is 5.01 Å². The van der Waals surface area contributed by atoms with Gasteiger partial charge in [0.1, 0.15) is 13.2 Å². The number of hydrogen-bond donors (Lipinski definition) is 0. The minimum absolute atomic E-state index is 0.0459. The molecular weight excluding hydrogens is 1250 g/mol. The van der Waals surface area contributed by atoms with Gasteiger partial charge in [-0.25, -0.2) is 4.79 Å². The van der Waals surface area contributed by atoms with Gasteiger partial charge in [-0.15, -0.1) is 16.5 Å². The molecule has 0 atom stereocenters. The van der Waals surface area contributed by atoms with Crippen molar-refractivity contribution < 1.29 is 124 Å². The molecule has 0 saturated carbocycles. The van der Waals surface area contributed by atoms with Gasteiger partial charge in [-0.2, -0.15) is 105 Å². The fraction of sp³-hybridized carbons (Fsp3) is 0.364. The molecule has 474 valence electrons. The highest BCUT2D eigenvalue weighted by atomic mass is 32.1. The van der Waals surface area contributed by atoms with Crippen molar-refractivity contribution in [1.82, 2.24) is 5.01 Å². The van der Waals surface area contributed by atoms with E-state index in [4.69, 9.17) is 14.2 Å². The van der Waals surface area contributed by atoms with Crippen LogP contribution in [0.4, 0.5) is 111 Å². The van der Waals surface area contributed by atoms with Crippen LogP contribution in [0.1, 0.15) is 78.8 Å². The number of carbonyl (C=O) groups is 1. The Hall–Kier alpha value is -7.41. The second kappa shape index (κ2) is 25.0. The lowest BCUT2D eigenvalue weighted by atomic mass is 9.85. The van der Waals surface area contributed by atoms with Crippen molar-refractivity contribution >= 4 is 59.4 Å². The minimum atomic E-state index is -9.27. The molecule has 5 aromatic rings. The number of fused-ring (bicyclic) bond motifs is 1. The lowest BCUT2D eigenvalue weighted by Crippen LogP contribution is -2.76. The van der Waals surface area contributed by atoms with Crippen molar-refractivity contribution in [2.75, 3.05) is 26.9 Å². The highest BCUT2D eigenvalue weighted by Crippen LogP contribution is 2.66. The molecule has 0 saturated heterocycles. The second-order valence-corrected chi connectivity index (χ2v) is 20.0. The van der Waals surface area contributed by atoms with Crippen LogP contribution in [0.2, 0.25) is 0 Å². The third-order valence-electron chi connectivity index (χ3n) is 12.8. The van der Waals surface area contributed by atoms with Gasteiger partial charge >= 0.3 is 71.6 Å². The second-order valence-electron chi connectivity index (χ2n) is 18.9. The standard InChI is InChI=1S/C55H41F24N3O4S/c1-3-26-82(30-36-12-10-34(11-13-36)24-25-45(56,57)47(61,62)48(63,64)49(65,66)50(67,68)51(69,70)52(71,72)53(73,74)54(75,76)55(77,78)79)81-80-39-21-16-35(29-38(39)46(58,59)60)18-23-41-43-42(85-27-28-86-43)40(87-41)22-17-32-7-4-31(5-8-32)6-9-33-14-19-37(20-15-33)44(83)84-2/h4-23,29H,3,24-28,30H2,1-2H3/b9-6+,22-17+,23-18+,81-80?. The van der Waals surface area contributed by atoms with E-state index >= 15 is 0 Å². The van der Waals surface area contributed by atoms with Gasteiger partial charge in [-0.1, -0.05) is 103 Å². The number of nitrogens with zero attached hydrogens (tertiary/aromatic N) is 3. The Bertz CT molecular complexity index is 3340. The smallest absolute Gasteiger partial charge is 0.460 e. The van der Waals surface area contributed by atoms with E-state index in [0.717, 1.165) is 58.1 Å². The fourth-order valence-corrected chi connectivity index (χ4v) is 8.88. The van der Waals surface area contributed by atoms with Crippen molar-refractivity contribution in [3.63, 3.8) is 0 Å². The summed E-state index contributed by atoms with van der Waals surface area (Å²) in [4.78, 5) is 12.8. The van der Waals surface area contributed by atoms with Crippen LogP contribution in [0.15, 0.2) is 101 Å². The summed E-state index contributed by atoms with van der Waals surface area (Å²) >= 11 is 1.22. The van der Waals surface area contributed by atoms with Crippen LogP contribution >= 0.6 is 11.3 Å². The van der Waals surface area contributed by atoms with Crippen LogP contribution < -0.4 is 9.47 Å². The first-order valence-corrected chi connectivity index (χ1v) is 25.5. The summed E-state index contributed by atoms with van der Waals surface area (Å²) in [5.74, 6) is -77.5. The van der Waals surface area contributed by atoms with Crippen molar-refractivity contribution in [1.29, 1.82) is 0 Å². The summed E-state index contributed by atoms with van der Waals surface area (Å²) in [6, 6.07) is 20.8. The van der Waals surface area contributed by atoms with Gasteiger partial charge in [0.2, 0.25) is 0 Å². The number of ether oxygens (including phenoxy) is 3. The molecule has 0 spiro atoms. The Morgan fingerprint density at radius 2 is 0.931 bits per heavy atom. The maximum absolute atomic E-state index is 14.7. The molecule has 1 aromatic heterocycles. The topological polar surface area (TPSA) is 72.7 Å². The highest BCUT2D eigenvalue weighted by molar-refractivity contribution is 7.14. The number of halogens is 24. The van der Waals surface area contributed by atoms with Crippen LogP contribution in [0.25, 0.3) is 36.5 Å². The molecule has 7 nitrogen and oxygen atoms in total. The molecule has 4 aromatic carbocycles. The van der Waals surface area contributed by atoms with Crippen molar-refractivity contribution in [3.05, 3.63) is 145 Å². The first-order chi connectivity index (χ1) is 40.0. The first kappa shape index (κ1) is 68.7. The number of hydrogen-bond acceptors (Lipinski definition) is 7. The van der Waals surface area contributed by atoms with E-state index in [2.05, 4.69) is 10.3 Å². The zero-order chi connectivity index (χ0) is 65.2. The summed E-state index contributed by atoms with van der Waals surface area (Å²) in [6.07, 6.45) is -7.07. The Morgan fingerprint density at radius 3 is 1.37 bits per heavy atom. The van der Waals surface area contributed by atoms with Gasteiger partial charge in [0.25, 0.3) is 0 Å². The molecule has 1 aliphatic rings. The molecule has 6 rings (SSSR count). The molecule has 0 unspecified atom stereocenters. The van der Waals surface area contributed by atoms with Crippen molar-refractivity contribution in [2.45, 2.75) is 98.4 Å². The predicted molar refractivity (Wildman–Crippen MR) is 268 cm³/mol. The number of carbonyl (C=O) groups excluding carboxylic acids is 1. The number of esters is 1. The number of benzene rings is 4. The summed E-state index contributed by atoms with van der Waals surface area (Å²) in [7, 11) is 1.28. The molecule has 0 N–H and O–H groups in total. The lowest BCUT2D eigenvalue weighted by molar-refractivity contribution is -0.474. The molecular formula is C55H41F24N3O4S. The summed E-state index contributed by atoms with van der Waals surface area (Å²) in [6.45, 7) is 1.56. The third kappa shape index (κ3) is 13.5. The normalized spacial score (nSPS) is 14.7. The molecule has 0 aliphatic carbocycles. The largest absolute Gasteiger partial charge is 0.485 e. The highest BCUT2D eigenvalue weighted by Gasteiger charge is 2.97. The Morgan fingerprint density at radius 1 is 0.529 bits per heavy atom. The number of methoxy groups -OCH3 is 1. The van der Waals surface area contributed by atoms with Gasteiger partial charge in [-0.05, 0) is 82.6 Å². The Kier molecular flexibility index (Phi) is 19.7. The minimum Gasteiger partial charge on any atom is -0.485 e. The van der Waals surface area contributed by atoms with Crippen LogP contribution in [0.5, 0.6) is 11.5 Å². The van der Waals surface area contributed by atoms with Crippen LogP contribution in [-0.2, 0) is 23.9 Å². The van der Waals surface area contributed by atoms with E-state index in [1.165, 1.54) is 36.7 Å². The van der Waals surface area contributed by atoms with Gasteiger partial charge in [0.05, 0.1) is 40.2 Å². The van der Waals surface area contributed by atoms with Gasteiger partial charge < -0.3 is 14.2 Å². The first-order valence-electron chi connectivity index (χ1n) is 24.7. The summed E-state index contributed by atoms with van der Waals surface area (Å²) in [5, 5.41) is 8.68. The molecule has 0 amide bonds. The molecule has 32 heteroatoms. The molecule has 87 heavy (non-hydrogen) atoms. The third-order valence-corrected chi connectivity index (χ3v) is 13.9. The summed E-state index contributed by atoms with van der Waals surface area (Å²) < 4.78 is 351. The van der Waals surface area contributed by atoms with E-state index in [9.17, 15) is 110 Å². The maximum atomic E-state index is 14.7. The maximum Gasteiger partial charge on any atom is 0.460 e. The van der Waals surface area contributed by atoms with Crippen LogP contribution in [0, 0.1) is 0 Å². The molecule has 2 heterocycles. The Labute approximate surface area is 480 Å². The van der Waals surface area contributed by atoms with E-state index in [1.807, 2.05) is 42.5 Å². The van der Waals surface area contributed by atoms with E-state index in [-0.39, 0.29) is 43.9 Å². The van der Waals surface area contributed by atoms with E-state index < -0.39 is 101 Å². The number of thiophene rings is 1. The van der Waals surface area contributed by atoms with Crippen LogP contribution in [0.3, 0.4) is 0 Å². The van der Waals surface area contributed by atoms with Crippen LogP contribution in [-0.4, -0.2) is 97.3 Å². The number of alkyl halides is 24. The van der Waals surface area contributed by atoms with E-state index in [1.54, 1.807) is 37.3 Å². The number of rotatable bonds is 24. The Balaban J connectivity index is 1.12. The average molecular weight is 1300 g/mol. The van der Waals surface area contributed by atoms with Gasteiger partial charge in [0, 0.05) is 13.0 Å². The predicted octanol–water partition coefficient (Wildman–Crippen LogP) is 19.0. The van der Waals surface area contributed by atoms with Crippen molar-refractivity contribution in [3.8, 4) is 11.5 Å².